The third-order valence-electron chi connectivity index (χ3n) is 7.05. The second-order valence-electron chi connectivity index (χ2n) is 9.78. The fraction of sp³-hybridized carbons (Fsp3) is 0.312. The summed E-state index contributed by atoms with van der Waals surface area (Å²) in [7, 11) is 0. The Morgan fingerprint density at radius 3 is 2.18 bits per heavy atom. The molecule has 0 unspecified atom stereocenters. The number of hydrogen-bond acceptors (Lipinski definition) is 4. The van der Waals surface area contributed by atoms with Gasteiger partial charge in [0.2, 0.25) is 11.8 Å². The molecule has 0 saturated carbocycles. The van der Waals surface area contributed by atoms with Gasteiger partial charge in [-0.05, 0) is 48.6 Å². The highest BCUT2D eigenvalue weighted by Gasteiger charge is 2.32. The van der Waals surface area contributed by atoms with Crippen molar-refractivity contribution in [3.63, 3.8) is 0 Å². The number of rotatable bonds is 11. The van der Waals surface area contributed by atoms with Gasteiger partial charge in [0, 0.05) is 37.7 Å². The maximum atomic E-state index is 13.7. The molecule has 1 aliphatic rings. The second kappa shape index (κ2) is 14.3. The first-order valence-electron chi connectivity index (χ1n) is 13.5. The molecule has 0 bridgehead atoms. The van der Waals surface area contributed by atoms with Gasteiger partial charge < -0.3 is 21.3 Å². The Bertz CT molecular complexity index is 1130. The van der Waals surface area contributed by atoms with Gasteiger partial charge in [0.05, 0.1) is 6.04 Å². The lowest BCUT2D eigenvalue weighted by molar-refractivity contribution is -0.133. The summed E-state index contributed by atoms with van der Waals surface area (Å²) in [5, 5.41) is 6.53. The van der Waals surface area contributed by atoms with E-state index in [0.29, 0.717) is 32.6 Å². The first-order chi connectivity index (χ1) is 18.6. The normalized spacial score (nSPS) is 18.1. The summed E-state index contributed by atoms with van der Waals surface area (Å²) in [6.07, 6.45) is 5.55. The molecule has 4 rings (SSSR count). The quantitative estimate of drug-likeness (QED) is 0.341. The highest BCUT2D eigenvalue weighted by Crippen LogP contribution is 2.27. The van der Waals surface area contributed by atoms with Crippen LogP contribution in [-0.4, -0.2) is 55.0 Å². The van der Waals surface area contributed by atoms with Crippen molar-refractivity contribution >= 4 is 17.9 Å². The molecule has 4 N–H and O–H groups in total. The Morgan fingerprint density at radius 2 is 1.58 bits per heavy atom. The maximum Gasteiger partial charge on any atom is 0.244 e. The zero-order chi connectivity index (χ0) is 26.6. The van der Waals surface area contributed by atoms with Crippen molar-refractivity contribution in [2.24, 2.45) is 5.73 Å². The molecule has 6 heteroatoms. The molecule has 0 aromatic heterocycles. The van der Waals surface area contributed by atoms with E-state index in [4.69, 9.17) is 5.73 Å². The van der Waals surface area contributed by atoms with Crippen molar-refractivity contribution in [2.75, 3.05) is 26.2 Å². The van der Waals surface area contributed by atoms with Crippen LogP contribution in [0.5, 0.6) is 0 Å². The van der Waals surface area contributed by atoms with Crippen LogP contribution in [0.2, 0.25) is 0 Å². The van der Waals surface area contributed by atoms with Gasteiger partial charge in [0.1, 0.15) is 0 Å². The first kappa shape index (κ1) is 27.3. The van der Waals surface area contributed by atoms with Crippen LogP contribution in [0.1, 0.15) is 41.9 Å². The number of benzene rings is 3. The van der Waals surface area contributed by atoms with Gasteiger partial charge in [-0.1, -0.05) is 91.0 Å². The van der Waals surface area contributed by atoms with E-state index in [1.165, 1.54) is 11.1 Å². The maximum absolute atomic E-state index is 13.7. The lowest BCUT2D eigenvalue weighted by atomic mass is 9.90. The van der Waals surface area contributed by atoms with Crippen LogP contribution in [-0.2, 0) is 9.59 Å². The van der Waals surface area contributed by atoms with Gasteiger partial charge in [-0.25, -0.2) is 0 Å². The van der Waals surface area contributed by atoms with Crippen molar-refractivity contribution < 1.29 is 9.59 Å². The average molecular weight is 511 g/mol. The van der Waals surface area contributed by atoms with Gasteiger partial charge in [0.25, 0.3) is 0 Å². The van der Waals surface area contributed by atoms with E-state index in [0.717, 1.165) is 18.4 Å². The predicted molar refractivity (Wildman–Crippen MR) is 153 cm³/mol. The van der Waals surface area contributed by atoms with E-state index in [9.17, 15) is 9.59 Å². The fourth-order valence-corrected chi connectivity index (χ4v) is 4.97. The highest BCUT2D eigenvalue weighted by atomic mass is 16.2. The molecule has 3 aromatic carbocycles. The molecule has 2 atom stereocenters. The van der Waals surface area contributed by atoms with E-state index < -0.39 is 0 Å². The Hall–Kier alpha value is -3.74. The Balaban J connectivity index is 1.45. The van der Waals surface area contributed by atoms with E-state index in [-0.39, 0.29) is 29.8 Å². The molecular weight excluding hydrogens is 472 g/mol. The molecule has 0 spiro atoms. The van der Waals surface area contributed by atoms with Crippen LogP contribution < -0.4 is 16.4 Å². The summed E-state index contributed by atoms with van der Waals surface area (Å²) >= 11 is 0. The van der Waals surface area contributed by atoms with Gasteiger partial charge in [-0.15, -0.1) is 0 Å². The monoisotopic (exact) mass is 510 g/mol. The SMILES string of the molecule is NCCC[C@@H]1N[C@H](CNC(=O)/C=C/c2ccccc2)CCN(CC(c2ccccc2)c2ccccc2)C1=O. The molecule has 1 fully saturated rings. The lowest BCUT2D eigenvalue weighted by Gasteiger charge is -2.29. The molecule has 1 saturated heterocycles. The lowest BCUT2D eigenvalue weighted by Crippen LogP contribution is -2.49. The van der Waals surface area contributed by atoms with E-state index in [1.54, 1.807) is 12.2 Å². The van der Waals surface area contributed by atoms with Gasteiger partial charge in [-0.3, -0.25) is 9.59 Å². The van der Waals surface area contributed by atoms with Gasteiger partial charge >= 0.3 is 0 Å². The van der Waals surface area contributed by atoms with E-state index >= 15 is 0 Å². The number of nitrogens with zero attached hydrogens (tertiary/aromatic N) is 1. The summed E-state index contributed by atoms with van der Waals surface area (Å²) in [6.45, 7) is 2.22. The molecule has 38 heavy (non-hydrogen) atoms. The van der Waals surface area contributed by atoms with Crippen molar-refractivity contribution in [3.05, 3.63) is 114 Å². The number of carbonyl (C=O) groups excluding carboxylic acids is 2. The number of amides is 2. The standard InChI is InChI=1S/C32H38N4O2/c33-21-10-17-30-32(38)36(24-29(26-13-6-2-7-14-26)27-15-8-3-9-16-27)22-20-28(35-30)23-34-31(37)19-18-25-11-4-1-5-12-25/h1-9,11-16,18-19,28-30,35H,10,17,20-24,33H2,(H,34,37)/b19-18+/t28-,30-/m0/s1. The minimum Gasteiger partial charge on any atom is -0.351 e. The fourth-order valence-electron chi connectivity index (χ4n) is 4.97. The zero-order valence-electron chi connectivity index (χ0n) is 21.8. The summed E-state index contributed by atoms with van der Waals surface area (Å²) in [4.78, 5) is 28.2. The van der Waals surface area contributed by atoms with Crippen LogP contribution in [0, 0.1) is 0 Å². The largest absolute Gasteiger partial charge is 0.351 e. The van der Waals surface area contributed by atoms with Crippen molar-refractivity contribution in [1.82, 2.24) is 15.5 Å². The summed E-state index contributed by atoms with van der Waals surface area (Å²) < 4.78 is 0. The average Bonchev–Trinajstić information content (AvgIpc) is 3.12. The van der Waals surface area contributed by atoms with Gasteiger partial charge in [0.15, 0.2) is 0 Å². The molecule has 0 radical (unpaired) electrons. The highest BCUT2D eigenvalue weighted by molar-refractivity contribution is 5.91. The number of nitrogens with one attached hydrogen (secondary N) is 2. The van der Waals surface area contributed by atoms with Crippen LogP contribution in [0.25, 0.3) is 6.08 Å². The summed E-state index contributed by atoms with van der Waals surface area (Å²) in [5.41, 5.74) is 9.15. The van der Waals surface area contributed by atoms with Crippen LogP contribution >= 0.6 is 0 Å². The first-order valence-corrected chi connectivity index (χ1v) is 13.5. The molecule has 6 nitrogen and oxygen atoms in total. The summed E-state index contributed by atoms with van der Waals surface area (Å²) in [6, 6.07) is 30.2. The van der Waals surface area contributed by atoms with Crippen LogP contribution in [0.4, 0.5) is 0 Å². The molecule has 198 valence electrons. The third-order valence-corrected chi connectivity index (χ3v) is 7.05. The van der Waals surface area contributed by atoms with Crippen LogP contribution in [0.3, 0.4) is 0 Å². The summed E-state index contributed by atoms with van der Waals surface area (Å²) in [5.74, 6) is 0.0406. The third kappa shape index (κ3) is 7.88. The van der Waals surface area contributed by atoms with E-state index in [1.807, 2.05) is 71.6 Å². The Morgan fingerprint density at radius 1 is 0.974 bits per heavy atom. The van der Waals surface area contributed by atoms with Crippen molar-refractivity contribution in [3.8, 4) is 0 Å². The second-order valence-corrected chi connectivity index (χ2v) is 9.78. The smallest absolute Gasteiger partial charge is 0.244 e. The van der Waals surface area contributed by atoms with E-state index in [2.05, 4.69) is 34.9 Å². The Kier molecular flexibility index (Phi) is 10.2. The molecule has 1 aliphatic heterocycles. The van der Waals surface area contributed by atoms with Gasteiger partial charge in [-0.2, -0.15) is 0 Å². The predicted octanol–water partition coefficient (Wildman–Crippen LogP) is 3.95. The zero-order valence-corrected chi connectivity index (χ0v) is 21.8. The van der Waals surface area contributed by atoms with Crippen molar-refractivity contribution in [1.29, 1.82) is 0 Å². The molecular formula is C32H38N4O2. The Labute approximate surface area is 225 Å². The molecule has 2 amide bonds. The van der Waals surface area contributed by atoms with Crippen molar-refractivity contribution in [2.45, 2.75) is 37.3 Å². The topological polar surface area (TPSA) is 87.5 Å². The molecule has 0 aliphatic carbocycles. The number of carbonyl (C=O) groups is 2. The number of nitrogens with two attached hydrogens (primary N) is 1. The van der Waals surface area contributed by atoms with Crippen LogP contribution in [0.15, 0.2) is 97.1 Å². The number of hydrogen-bond donors (Lipinski definition) is 3. The minimum atomic E-state index is -0.324. The molecule has 3 aromatic rings. The minimum absolute atomic E-state index is 0.00676. The molecule has 1 heterocycles.